The smallest absolute Gasteiger partial charge is 0.309 e. The highest BCUT2D eigenvalue weighted by molar-refractivity contribution is 6.80. The molecule has 0 spiro atoms. The Morgan fingerprint density at radius 1 is 1.21 bits per heavy atom. The molecule has 3 heteroatoms. The Kier molecular flexibility index (Phi) is 3.95. The number of hydrogen-bond donors (Lipinski definition) is 0. The number of allylic oxidation sites excluding steroid dienone is 1. The molecular formula is C16H22O2Si. The van der Waals surface area contributed by atoms with Crippen LogP contribution in [0.1, 0.15) is 11.5 Å². The molecule has 0 bridgehead atoms. The molecule has 2 nitrogen and oxygen atoms in total. The van der Waals surface area contributed by atoms with Crippen molar-refractivity contribution in [1.29, 1.82) is 0 Å². The topological polar surface area (TPSA) is 26.3 Å². The first kappa shape index (κ1) is 14.1. The SMILES string of the molecule is COC(=O)C1C(/C=C/[Si](C)(C)C)C1c1ccccc1. The van der Waals surface area contributed by atoms with E-state index in [2.05, 4.69) is 43.5 Å². The van der Waals surface area contributed by atoms with Gasteiger partial charge < -0.3 is 4.74 Å². The lowest BCUT2D eigenvalue weighted by Crippen LogP contribution is -2.15. The van der Waals surface area contributed by atoms with Gasteiger partial charge in [-0.1, -0.05) is 61.7 Å². The van der Waals surface area contributed by atoms with Gasteiger partial charge in [0, 0.05) is 5.92 Å². The second-order valence-electron chi connectivity index (χ2n) is 6.29. The second kappa shape index (κ2) is 5.33. The van der Waals surface area contributed by atoms with E-state index in [4.69, 9.17) is 4.74 Å². The number of hydrogen-bond acceptors (Lipinski definition) is 2. The van der Waals surface area contributed by atoms with Crippen LogP contribution in [-0.4, -0.2) is 21.2 Å². The fraction of sp³-hybridized carbons (Fsp3) is 0.438. The molecule has 2 rings (SSSR count). The molecule has 0 aromatic heterocycles. The average Bonchev–Trinajstić information content (AvgIpc) is 3.10. The van der Waals surface area contributed by atoms with Crippen LogP contribution in [0.15, 0.2) is 42.1 Å². The molecule has 0 radical (unpaired) electrons. The number of esters is 1. The van der Waals surface area contributed by atoms with E-state index in [9.17, 15) is 4.79 Å². The number of ether oxygens (including phenoxy) is 1. The number of rotatable bonds is 4. The minimum absolute atomic E-state index is 0.000000000000000666. The van der Waals surface area contributed by atoms with Gasteiger partial charge in [0.25, 0.3) is 0 Å². The number of carbonyl (C=O) groups excluding carboxylic acids is 1. The number of benzene rings is 1. The summed E-state index contributed by atoms with van der Waals surface area (Å²) in [6.07, 6.45) is 2.24. The van der Waals surface area contributed by atoms with Gasteiger partial charge in [-0.25, -0.2) is 0 Å². The van der Waals surface area contributed by atoms with Crippen molar-refractivity contribution in [3.8, 4) is 0 Å². The monoisotopic (exact) mass is 274 g/mol. The van der Waals surface area contributed by atoms with Crippen molar-refractivity contribution in [3.05, 3.63) is 47.7 Å². The molecule has 1 aliphatic carbocycles. The first-order valence-corrected chi connectivity index (χ1v) is 10.3. The quantitative estimate of drug-likeness (QED) is 0.619. The molecule has 0 saturated heterocycles. The molecule has 0 heterocycles. The largest absolute Gasteiger partial charge is 0.469 e. The van der Waals surface area contributed by atoms with Gasteiger partial charge in [-0.3, -0.25) is 4.79 Å². The Morgan fingerprint density at radius 3 is 2.37 bits per heavy atom. The fourth-order valence-electron chi connectivity index (χ4n) is 2.52. The van der Waals surface area contributed by atoms with E-state index in [0.717, 1.165) is 0 Å². The summed E-state index contributed by atoms with van der Waals surface area (Å²) in [7, 11) is 0.256. The van der Waals surface area contributed by atoms with E-state index >= 15 is 0 Å². The summed E-state index contributed by atoms with van der Waals surface area (Å²) in [6.45, 7) is 6.91. The first-order valence-electron chi connectivity index (χ1n) is 6.76. The number of methoxy groups -OCH3 is 1. The molecule has 0 amide bonds. The highest BCUT2D eigenvalue weighted by atomic mass is 28.3. The maximum Gasteiger partial charge on any atom is 0.309 e. The highest BCUT2D eigenvalue weighted by Crippen LogP contribution is 2.55. The van der Waals surface area contributed by atoms with Gasteiger partial charge in [0.2, 0.25) is 0 Å². The summed E-state index contributed by atoms with van der Waals surface area (Å²) in [4.78, 5) is 11.8. The summed E-state index contributed by atoms with van der Waals surface area (Å²) in [5, 5.41) is 0. The summed E-state index contributed by atoms with van der Waals surface area (Å²) >= 11 is 0. The molecule has 102 valence electrons. The van der Waals surface area contributed by atoms with Crippen LogP contribution in [0.3, 0.4) is 0 Å². The third-order valence-corrected chi connectivity index (χ3v) is 4.74. The normalized spacial score (nSPS) is 26.4. The van der Waals surface area contributed by atoms with Crippen LogP contribution in [0.5, 0.6) is 0 Å². The summed E-state index contributed by atoms with van der Waals surface area (Å²) in [5.41, 5.74) is 3.57. The molecule has 3 atom stereocenters. The van der Waals surface area contributed by atoms with E-state index in [1.165, 1.54) is 12.7 Å². The van der Waals surface area contributed by atoms with Crippen molar-refractivity contribution >= 4 is 14.0 Å². The fourth-order valence-corrected chi connectivity index (χ4v) is 3.32. The van der Waals surface area contributed by atoms with E-state index in [0.29, 0.717) is 11.8 Å². The van der Waals surface area contributed by atoms with Gasteiger partial charge in [0.1, 0.15) is 0 Å². The van der Waals surface area contributed by atoms with Gasteiger partial charge in [-0.05, 0) is 11.5 Å². The molecular weight excluding hydrogens is 252 g/mol. The minimum atomic E-state index is -1.22. The number of carbonyl (C=O) groups is 1. The van der Waals surface area contributed by atoms with Crippen molar-refractivity contribution in [2.75, 3.05) is 7.11 Å². The molecule has 1 fully saturated rings. The highest BCUT2D eigenvalue weighted by Gasteiger charge is 2.54. The van der Waals surface area contributed by atoms with Gasteiger partial charge in [-0.2, -0.15) is 0 Å². The van der Waals surface area contributed by atoms with Gasteiger partial charge >= 0.3 is 5.97 Å². The molecule has 0 N–H and O–H groups in total. The maximum atomic E-state index is 11.8. The zero-order chi connectivity index (χ0) is 14.0. The molecule has 3 unspecified atom stereocenters. The Labute approximate surface area is 116 Å². The Balaban J connectivity index is 2.18. The van der Waals surface area contributed by atoms with Gasteiger partial charge in [0.15, 0.2) is 0 Å². The molecule has 1 saturated carbocycles. The predicted molar refractivity (Wildman–Crippen MR) is 80.7 cm³/mol. The Hall–Kier alpha value is -1.35. The molecule has 0 aliphatic heterocycles. The van der Waals surface area contributed by atoms with Crippen LogP contribution in [0, 0.1) is 11.8 Å². The molecule has 1 aromatic rings. The van der Waals surface area contributed by atoms with Crippen molar-refractivity contribution < 1.29 is 9.53 Å². The van der Waals surface area contributed by atoms with Crippen LogP contribution in [0.25, 0.3) is 0 Å². The lowest BCUT2D eigenvalue weighted by molar-refractivity contribution is -0.142. The third-order valence-electron chi connectivity index (χ3n) is 3.55. The maximum absolute atomic E-state index is 11.8. The van der Waals surface area contributed by atoms with Crippen molar-refractivity contribution in [2.45, 2.75) is 25.6 Å². The third kappa shape index (κ3) is 3.35. The van der Waals surface area contributed by atoms with Crippen molar-refractivity contribution in [3.63, 3.8) is 0 Å². The van der Waals surface area contributed by atoms with Crippen molar-refractivity contribution in [2.24, 2.45) is 11.8 Å². The average molecular weight is 274 g/mol. The molecule has 1 aromatic carbocycles. The standard InChI is InChI=1S/C16H22O2Si/c1-18-16(17)15-13(10-11-19(2,3)4)14(15)12-8-6-5-7-9-12/h5-11,13-15H,1-4H3/b11-10+. The first-order chi connectivity index (χ1) is 8.94. The van der Waals surface area contributed by atoms with Crippen LogP contribution < -0.4 is 0 Å². The zero-order valence-corrected chi connectivity index (χ0v) is 13.1. The van der Waals surface area contributed by atoms with Gasteiger partial charge in [0.05, 0.1) is 21.1 Å². The Bertz CT molecular complexity index is 473. The predicted octanol–water partition coefficient (Wildman–Crippen LogP) is 3.62. The Morgan fingerprint density at radius 2 is 1.84 bits per heavy atom. The zero-order valence-electron chi connectivity index (χ0n) is 12.1. The van der Waals surface area contributed by atoms with Crippen LogP contribution >= 0.6 is 0 Å². The van der Waals surface area contributed by atoms with Crippen molar-refractivity contribution in [1.82, 2.24) is 0 Å². The second-order valence-corrected chi connectivity index (χ2v) is 11.4. The van der Waals surface area contributed by atoms with Crippen LogP contribution in [0.2, 0.25) is 19.6 Å². The van der Waals surface area contributed by atoms with E-state index in [1.54, 1.807) is 0 Å². The summed E-state index contributed by atoms with van der Waals surface area (Å²) in [6, 6.07) is 10.3. The van der Waals surface area contributed by atoms with E-state index < -0.39 is 8.07 Å². The lowest BCUT2D eigenvalue weighted by atomic mass is 10.1. The summed E-state index contributed by atoms with van der Waals surface area (Å²) < 4.78 is 4.93. The lowest BCUT2D eigenvalue weighted by Gasteiger charge is -2.07. The van der Waals surface area contributed by atoms with Crippen LogP contribution in [0.4, 0.5) is 0 Å². The van der Waals surface area contributed by atoms with E-state index in [-0.39, 0.29) is 11.9 Å². The minimum Gasteiger partial charge on any atom is -0.469 e. The summed E-state index contributed by atoms with van der Waals surface area (Å²) in [5.74, 6) is 0.516. The van der Waals surface area contributed by atoms with Crippen LogP contribution in [-0.2, 0) is 9.53 Å². The van der Waals surface area contributed by atoms with E-state index in [1.807, 2.05) is 18.2 Å². The molecule has 1 aliphatic rings. The van der Waals surface area contributed by atoms with Gasteiger partial charge in [-0.15, -0.1) is 0 Å². The molecule has 19 heavy (non-hydrogen) atoms.